The highest BCUT2D eigenvalue weighted by Crippen LogP contribution is 2.23. The quantitative estimate of drug-likeness (QED) is 0.434. The van der Waals surface area contributed by atoms with Crippen molar-refractivity contribution in [3.05, 3.63) is 83.3 Å². The van der Waals surface area contributed by atoms with E-state index in [2.05, 4.69) is 21.1 Å². The molecule has 3 N–H and O–H groups in total. The molecule has 0 aliphatic carbocycles. The molecule has 0 aliphatic heterocycles. The Kier molecular flexibility index (Phi) is 5.19. The van der Waals surface area contributed by atoms with Gasteiger partial charge in [-0.05, 0) is 24.3 Å². The predicted octanol–water partition coefficient (Wildman–Crippen LogP) is 2.96. The summed E-state index contributed by atoms with van der Waals surface area (Å²) in [4.78, 5) is 24.5. The van der Waals surface area contributed by atoms with E-state index >= 15 is 0 Å². The van der Waals surface area contributed by atoms with Crippen LogP contribution in [0.3, 0.4) is 0 Å². The van der Waals surface area contributed by atoms with Gasteiger partial charge in [0, 0.05) is 16.7 Å². The van der Waals surface area contributed by atoms with Gasteiger partial charge in [-0.2, -0.15) is 5.10 Å². The van der Waals surface area contributed by atoms with Gasteiger partial charge in [0.2, 0.25) is 0 Å². The summed E-state index contributed by atoms with van der Waals surface area (Å²) in [7, 11) is 0. The van der Waals surface area contributed by atoms with Crippen LogP contribution in [0, 0.1) is 0 Å². The van der Waals surface area contributed by atoms with Crippen LogP contribution in [0.15, 0.2) is 71.4 Å². The highest BCUT2D eigenvalue weighted by molar-refractivity contribution is 6.30. The smallest absolute Gasteiger partial charge is 0.294 e. The molecule has 0 radical (unpaired) electrons. The molecule has 0 spiro atoms. The van der Waals surface area contributed by atoms with Gasteiger partial charge in [-0.15, -0.1) is 0 Å². The van der Waals surface area contributed by atoms with Crippen LogP contribution in [0.1, 0.15) is 21.0 Å². The van der Waals surface area contributed by atoms with Gasteiger partial charge in [0.15, 0.2) is 22.9 Å². The number of nitrogens with one attached hydrogen (secondary N) is 2. The molecule has 2 heterocycles. The Morgan fingerprint density at radius 1 is 1.00 bits per heavy atom. The SMILES string of the molecule is O=C(NNC(=O)c1nn(-c2ccccc2)cc1O)c1cc(-c2cccc(Cl)c2)on1. The largest absolute Gasteiger partial charge is 0.504 e. The van der Waals surface area contributed by atoms with Crippen LogP contribution in [0.25, 0.3) is 17.0 Å². The molecule has 4 aromatic rings. The van der Waals surface area contributed by atoms with Crippen LogP contribution in [0.2, 0.25) is 5.02 Å². The van der Waals surface area contributed by atoms with Crippen molar-refractivity contribution in [2.45, 2.75) is 0 Å². The summed E-state index contributed by atoms with van der Waals surface area (Å²) in [5, 5.41) is 18.2. The summed E-state index contributed by atoms with van der Waals surface area (Å²) in [6.45, 7) is 0. The molecule has 0 bridgehead atoms. The van der Waals surface area contributed by atoms with Gasteiger partial charge in [-0.25, -0.2) is 4.68 Å². The number of benzene rings is 2. The Labute approximate surface area is 174 Å². The number of nitrogens with zero attached hydrogens (tertiary/aromatic N) is 3. The van der Waals surface area contributed by atoms with Crippen molar-refractivity contribution in [1.29, 1.82) is 0 Å². The van der Waals surface area contributed by atoms with E-state index in [1.165, 1.54) is 16.9 Å². The molecule has 0 saturated heterocycles. The number of halogens is 1. The number of aromatic hydroxyl groups is 1. The number of para-hydroxylation sites is 1. The van der Waals surface area contributed by atoms with Crippen LogP contribution in [-0.2, 0) is 0 Å². The number of carbonyl (C=O) groups excluding carboxylic acids is 2. The van der Waals surface area contributed by atoms with Crippen LogP contribution < -0.4 is 10.9 Å². The first-order valence-electron chi connectivity index (χ1n) is 8.68. The zero-order chi connectivity index (χ0) is 21.1. The molecule has 0 fully saturated rings. The van der Waals surface area contributed by atoms with E-state index in [1.807, 2.05) is 6.07 Å². The Morgan fingerprint density at radius 2 is 1.77 bits per heavy atom. The lowest BCUT2D eigenvalue weighted by molar-refractivity contribution is 0.0837. The summed E-state index contributed by atoms with van der Waals surface area (Å²) >= 11 is 5.94. The normalized spacial score (nSPS) is 10.6. The minimum Gasteiger partial charge on any atom is -0.504 e. The maximum Gasteiger partial charge on any atom is 0.294 e. The first-order chi connectivity index (χ1) is 14.5. The first-order valence-corrected chi connectivity index (χ1v) is 9.06. The molecule has 0 unspecified atom stereocenters. The van der Waals surface area contributed by atoms with Crippen molar-refractivity contribution >= 4 is 23.4 Å². The van der Waals surface area contributed by atoms with E-state index in [1.54, 1.807) is 48.5 Å². The Morgan fingerprint density at radius 3 is 2.53 bits per heavy atom. The second kappa shape index (κ2) is 8.10. The molecule has 0 aliphatic rings. The van der Waals surface area contributed by atoms with Gasteiger partial charge in [-0.1, -0.05) is 47.1 Å². The molecule has 2 aromatic heterocycles. The highest BCUT2D eigenvalue weighted by Gasteiger charge is 2.19. The number of hydrogen-bond acceptors (Lipinski definition) is 6. The monoisotopic (exact) mass is 423 g/mol. The summed E-state index contributed by atoms with van der Waals surface area (Å²) in [6, 6.07) is 17.2. The van der Waals surface area contributed by atoms with Gasteiger partial charge < -0.3 is 9.63 Å². The number of amides is 2. The average Bonchev–Trinajstić information content (AvgIpc) is 3.40. The molecule has 10 heteroatoms. The van der Waals surface area contributed by atoms with Gasteiger partial charge in [0.25, 0.3) is 11.8 Å². The van der Waals surface area contributed by atoms with Crippen molar-refractivity contribution < 1.29 is 19.2 Å². The number of aromatic nitrogens is 3. The molecular formula is C20H14ClN5O4. The van der Waals surface area contributed by atoms with E-state index < -0.39 is 11.8 Å². The summed E-state index contributed by atoms with van der Waals surface area (Å²) < 4.78 is 6.50. The van der Waals surface area contributed by atoms with Crippen molar-refractivity contribution in [2.75, 3.05) is 0 Å². The van der Waals surface area contributed by atoms with Gasteiger partial charge in [0.05, 0.1) is 11.9 Å². The second-order valence-corrected chi connectivity index (χ2v) is 6.57. The fraction of sp³-hybridized carbons (Fsp3) is 0. The average molecular weight is 424 g/mol. The van der Waals surface area contributed by atoms with Gasteiger partial charge >= 0.3 is 0 Å². The Balaban J connectivity index is 1.42. The lowest BCUT2D eigenvalue weighted by Gasteiger charge is -2.04. The summed E-state index contributed by atoms with van der Waals surface area (Å²) in [5.74, 6) is -1.50. The van der Waals surface area contributed by atoms with E-state index in [0.717, 1.165) is 0 Å². The minimum absolute atomic E-state index is 0.0516. The number of hydrogen-bond donors (Lipinski definition) is 3. The Hall–Kier alpha value is -4.11. The third-order valence-electron chi connectivity index (χ3n) is 4.07. The molecule has 30 heavy (non-hydrogen) atoms. The van der Waals surface area contributed by atoms with Crippen molar-refractivity contribution in [3.63, 3.8) is 0 Å². The van der Waals surface area contributed by atoms with E-state index in [9.17, 15) is 14.7 Å². The molecule has 2 aromatic carbocycles. The molecular weight excluding hydrogens is 410 g/mol. The van der Waals surface area contributed by atoms with Crippen molar-refractivity contribution in [2.24, 2.45) is 0 Å². The van der Waals surface area contributed by atoms with Crippen LogP contribution in [0.5, 0.6) is 5.75 Å². The third-order valence-corrected chi connectivity index (χ3v) is 4.31. The fourth-order valence-corrected chi connectivity index (χ4v) is 2.83. The van der Waals surface area contributed by atoms with Gasteiger partial charge in [0.1, 0.15) is 0 Å². The number of carbonyl (C=O) groups is 2. The van der Waals surface area contributed by atoms with Crippen LogP contribution in [0.4, 0.5) is 0 Å². The van der Waals surface area contributed by atoms with Crippen molar-refractivity contribution in [3.8, 4) is 22.8 Å². The van der Waals surface area contributed by atoms with Gasteiger partial charge in [-0.3, -0.25) is 20.4 Å². The predicted molar refractivity (Wildman–Crippen MR) is 107 cm³/mol. The summed E-state index contributed by atoms with van der Waals surface area (Å²) in [6.07, 6.45) is 1.29. The summed E-state index contributed by atoms with van der Waals surface area (Å²) in [5.41, 5.74) is 5.39. The van der Waals surface area contributed by atoms with Crippen LogP contribution >= 0.6 is 11.6 Å². The lowest BCUT2D eigenvalue weighted by atomic mass is 10.1. The van der Waals surface area contributed by atoms with E-state index in [0.29, 0.717) is 22.0 Å². The van der Waals surface area contributed by atoms with E-state index in [-0.39, 0.29) is 17.1 Å². The molecule has 9 nitrogen and oxygen atoms in total. The zero-order valence-corrected chi connectivity index (χ0v) is 16.0. The first kappa shape index (κ1) is 19.2. The third kappa shape index (κ3) is 4.01. The van der Waals surface area contributed by atoms with E-state index in [4.69, 9.17) is 16.1 Å². The second-order valence-electron chi connectivity index (χ2n) is 6.14. The maximum atomic E-state index is 12.3. The number of hydrazine groups is 1. The molecule has 150 valence electrons. The molecule has 4 rings (SSSR count). The fourth-order valence-electron chi connectivity index (χ4n) is 2.64. The zero-order valence-electron chi connectivity index (χ0n) is 15.2. The highest BCUT2D eigenvalue weighted by atomic mass is 35.5. The number of rotatable bonds is 4. The molecule has 0 atom stereocenters. The standard InChI is InChI=1S/C20H14ClN5O4/c21-13-6-4-5-12(9-13)17-10-15(25-30-17)19(28)22-23-20(29)18-16(27)11-26(24-18)14-7-2-1-3-8-14/h1-11,27H,(H,22,28)(H,23,29). The molecule has 0 saturated carbocycles. The van der Waals surface area contributed by atoms with Crippen molar-refractivity contribution in [1.82, 2.24) is 25.8 Å². The topological polar surface area (TPSA) is 122 Å². The lowest BCUT2D eigenvalue weighted by Crippen LogP contribution is -2.42. The molecule has 2 amide bonds. The van der Waals surface area contributed by atoms with Crippen LogP contribution in [-0.4, -0.2) is 31.9 Å². The Bertz CT molecular complexity index is 1220. The maximum absolute atomic E-state index is 12.3. The minimum atomic E-state index is -0.797.